The Morgan fingerprint density at radius 1 is 0.909 bits per heavy atom. The van der Waals surface area contributed by atoms with Crippen LogP contribution in [-0.4, -0.2) is 53.9 Å². The molecule has 2 heterocycles. The Labute approximate surface area is 195 Å². The molecular formula is C27H30N4O2. The quantitative estimate of drug-likeness (QED) is 0.636. The average molecular weight is 443 g/mol. The van der Waals surface area contributed by atoms with Crippen molar-refractivity contribution in [3.8, 4) is 0 Å². The van der Waals surface area contributed by atoms with E-state index in [0.717, 1.165) is 22.5 Å². The van der Waals surface area contributed by atoms with Gasteiger partial charge in [-0.25, -0.2) is 4.98 Å². The summed E-state index contributed by atoms with van der Waals surface area (Å²) in [5.41, 5.74) is 3.78. The number of aryl methyl sites for hydroxylation is 2. The van der Waals surface area contributed by atoms with E-state index in [1.807, 2.05) is 85.5 Å². The zero-order valence-electron chi connectivity index (χ0n) is 19.2. The summed E-state index contributed by atoms with van der Waals surface area (Å²) < 4.78 is 0. The van der Waals surface area contributed by atoms with E-state index in [0.29, 0.717) is 38.2 Å². The highest BCUT2D eigenvalue weighted by Crippen LogP contribution is 2.15. The van der Waals surface area contributed by atoms with Crippen molar-refractivity contribution in [1.29, 1.82) is 0 Å². The maximum Gasteiger partial charge on any atom is 0.251 e. The number of carbonyl (C=O) groups is 2. The molecule has 1 aliphatic rings. The topological polar surface area (TPSA) is 65.5 Å². The molecule has 0 bridgehead atoms. The number of benzene rings is 2. The monoisotopic (exact) mass is 442 g/mol. The summed E-state index contributed by atoms with van der Waals surface area (Å²) >= 11 is 0. The molecule has 0 saturated carbocycles. The van der Waals surface area contributed by atoms with Crippen molar-refractivity contribution in [1.82, 2.24) is 15.2 Å². The fourth-order valence-corrected chi connectivity index (χ4v) is 4.09. The molecular weight excluding hydrogens is 412 g/mol. The number of pyridine rings is 1. The van der Waals surface area contributed by atoms with Gasteiger partial charge < -0.3 is 15.1 Å². The van der Waals surface area contributed by atoms with Crippen LogP contribution < -0.4 is 10.2 Å². The Hall–Kier alpha value is -3.67. The van der Waals surface area contributed by atoms with E-state index < -0.39 is 6.04 Å². The largest absolute Gasteiger partial charge is 0.353 e. The highest BCUT2D eigenvalue weighted by molar-refractivity contribution is 5.97. The number of nitrogens with one attached hydrogen (secondary N) is 1. The molecule has 6 heteroatoms. The van der Waals surface area contributed by atoms with Gasteiger partial charge in [0.25, 0.3) is 5.91 Å². The second-order valence-corrected chi connectivity index (χ2v) is 8.52. The summed E-state index contributed by atoms with van der Waals surface area (Å²) in [6, 6.07) is 20.7. The van der Waals surface area contributed by atoms with Crippen LogP contribution in [0.2, 0.25) is 0 Å². The third kappa shape index (κ3) is 5.58. The van der Waals surface area contributed by atoms with Crippen LogP contribution in [0.25, 0.3) is 0 Å². The van der Waals surface area contributed by atoms with Gasteiger partial charge in [-0.3, -0.25) is 9.59 Å². The minimum Gasteiger partial charge on any atom is -0.353 e. The van der Waals surface area contributed by atoms with Crippen molar-refractivity contribution in [3.05, 3.63) is 95.2 Å². The second-order valence-electron chi connectivity index (χ2n) is 8.52. The van der Waals surface area contributed by atoms with Gasteiger partial charge in [-0.2, -0.15) is 0 Å². The van der Waals surface area contributed by atoms with E-state index in [9.17, 15) is 9.59 Å². The molecule has 1 atom stereocenters. The summed E-state index contributed by atoms with van der Waals surface area (Å²) in [7, 11) is 0. The molecule has 1 aliphatic heterocycles. The Kier molecular flexibility index (Phi) is 7.03. The summed E-state index contributed by atoms with van der Waals surface area (Å²) in [6.07, 6.45) is 2.24. The summed E-state index contributed by atoms with van der Waals surface area (Å²) in [5.74, 6) is 0.657. The van der Waals surface area contributed by atoms with Crippen LogP contribution in [0.4, 0.5) is 5.82 Å². The van der Waals surface area contributed by atoms with Crippen molar-refractivity contribution in [3.63, 3.8) is 0 Å². The molecule has 3 aromatic rings. The number of aromatic nitrogens is 1. The minimum atomic E-state index is -0.622. The van der Waals surface area contributed by atoms with E-state index in [2.05, 4.69) is 15.2 Å². The number of anilines is 1. The molecule has 6 nitrogen and oxygen atoms in total. The van der Waals surface area contributed by atoms with Crippen LogP contribution in [0, 0.1) is 13.8 Å². The van der Waals surface area contributed by atoms with Crippen molar-refractivity contribution in [2.75, 3.05) is 31.1 Å². The molecule has 1 unspecified atom stereocenters. The molecule has 1 N–H and O–H groups in total. The van der Waals surface area contributed by atoms with Gasteiger partial charge in [-0.05, 0) is 54.8 Å². The van der Waals surface area contributed by atoms with E-state index in [-0.39, 0.29) is 11.8 Å². The number of hydrogen-bond donors (Lipinski definition) is 1. The molecule has 1 saturated heterocycles. The number of piperazine rings is 1. The van der Waals surface area contributed by atoms with E-state index >= 15 is 0 Å². The molecule has 4 rings (SSSR count). The van der Waals surface area contributed by atoms with Gasteiger partial charge in [0.1, 0.15) is 11.9 Å². The predicted octanol–water partition coefficient (Wildman–Crippen LogP) is 3.39. The Balaban J connectivity index is 1.47. The lowest BCUT2D eigenvalue weighted by Gasteiger charge is -2.37. The number of hydrogen-bond acceptors (Lipinski definition) is 4. The van der Waals surface area contributed by atoms with Crippen LogP contribution in [-0.2, 0) is 11.2 Å². The first-order valence-electron chi connectivity index (χ1n) is 11.4. The van der Waals surface area contributed by atoms with Gasteiger partial charge in [-0.1, -0.05) is 42.5 Å². The van der Waals surface area contributed by atoms with Crippen LogP contribution in [0.5, 0.6) is 0 Å². The first-order chi connectivity index (χ1) is 16.0. The van der Waals surface area contributed by atoms with Crippen LogP contribution in [0.3, 0.4) is 0 Å². The third-order valence-corrected chi connectivity index (χ3v) is 6.22. The third-order valence-electron chi connectivity index (χ3n) is 6.22. The van der Waals surface area contributed by atoms with Crippen molar-refractivity contribution < 1.29 is 9.59 Å². The van der Waals surface area contributed by atoms with Crippen LogP contribution >= 0.6 is 0 Å². The molecule has 0 radical (unpaired) electrons. The molecule has 33 heavy (non-hydrogen) atoms. The molecule has 2 aromatic carbocycles. The van der Waals surface area contributed by atoms with Gasteiger partial charge in [0, 0.05) is 44.4 Å². The fraction of sp³-hybridized carbons (Fsp3) is 0.296. The highest BCUT2D eigenvalue weighted by atomic mass is 16.2. The zero-order chi connectivity index (χ0) is 23.2. The normalized spacial score (nSPS) is 14.6. The number of amides is 2. The Bertz CT molecular complexity index is 1090. The van der Waals surface area contributed by atoms with E-state index in [4.69, 9.17) is 0 Å². The zero-order valence-corrected chi connectivity index (χ0v) is 19.2. The number of nitrogens with zero attached hydrogens (tertiary/aromatic N) is 3. The SMILES string of the molecule is Cc1ccc(C(=O)NC(Cc2ccccc2)C(=O)N2CCN(c3ccccn3)CC2)cc1C. The molecule has 2 amide bonds. The summed E-state index contributed by atoms with van der Waals surface area (Å²) in [4.78, 5) is 35.0. The smallest absolute Gasteiger partial charge is 0.251 e. The lowest BCUT2D eigenvalue weighted by molar-refractivity contribution is -0.133. The molecule has 1 fully saturated rings. The van der Waals surface area contributed by atoms with Crippen LogP contribution in [0.15, 0.2) is 72.9 Å². The van der Waals surface area contributed by atoms with Gasteiger partial charge in [0.2, 0.25) is 5.91 Å². The lowest BCUT2D eigenvalue weighted by Crippen LogP contribution is -2.55. The van der Waals surface area contributed by atoms with Gasteiger partial charge in [0.15, 0.2) is 0 Å². The van der Waals surface area contributed by atoms with Gasteiger partial charge >= 0.3 is 0 Å². The standard InChI is InChI=1S/C27H30N4O2/c1-20-11-12-23(18-21(20)2)26(32)29-24(19-22-8-4-3-5-9-22)27(33)31-16-14-30(15-17-31)25-10-6-7-13-28-25/h3-13,18,24H,14-17,19H2,1-2H3,(H,29,32). The molecule has 0 spiro atoms. The van der Waals surface area contributed by atoms with Crippen molar-refractivity contribution in [2.45, 2.75) is 26.3 Å². The molecule has 170 valence electrons. The molecule has 1 aromatic heterocycles. The van der Waals surface area contributed by atoms with E-state index in [1.165, 1.54) is 0 Å². The van der Waals surface area contributed by atoms with E-state index in [1.54, 1.807) is 6.20 Å². The summed E-state index contributed by atoms with van der Waals surface area (Å²) in [6.45, 7) is 6.63. The second kappa shape index (κ2) is 10.3. The van der Waals surface area contributed by atoms with Gasteiger partial charge in [-0.15, -0.1) is 0 Å². The Morgan fingerprint density at radius 3 is 2.30 bits per heavy atom. The van der Waals surface area contributed by atoms with Crippen molar-refractivity contribution >= 4 is 17.6 Å². The summed E-state index contributed by atoms with van der Waals surface area (Å²) in [5, 5.41) is 3.01. The maximum absolute atomic E-state index is 13.5. The first kappa shape index (κ1) is 22.5. The maximum atomic E-state index is 13.5. The number of rotatable bonds is 6. The molecule has 0 aliphatic carbocycles. The van der Waals surface area contributed by atoms with Gasteiger partial charge in [0.05, 0.1) is 0 Å². The minimum absolute atomic E-state index is 0.0447. The highest BCUT2D eigenvalue weighted by Gasteiger charge is 2.29. The first-order valence-corrected chi connectivity index (χ1v) is 11.4. The van der Waals surface area contributed by atoms with Crippen molar-refractivity contribution in [2.24, 2.45) is 0 Å². The lowest BCUT2D eigenvalue weighted by atomic mass is 10.0. The van der Waals surface area contributed by atoms with Crippen LogP contribution in [0.1, 0.15) is 27.0 Å². The fourth-order valence-electron chi connectivity index (χ4n) is 4.09. The predicted molar refractivity (Wildman–Crippen MR) is 130 cm³/mol. The Morgan fingerprint density at radius 2 is 1.64 bits per heavy atom. The number of carbonyl (C=O) groups excluding carboxylic acids is 2. The average Bonchev–Trinajstić information content (AvgIpc) is 2.86.